The number of hydrogen-bond donors (Lipinski definition) is 1. The fourth-order valence-corrected chi connectivity index (χ4v) is 3.40. The summed E-state index contributed by atoms with van der Waals surface area (Å²) in [6.07, 6.45) is 3.02. The van der Waals surface area contributed by atoms with Gasteiger partial charge in [-0.25, -0.2) is 0 Å². The van der Waals surface area contributed by atoms with Crippen molar-refractivity contribution in [2.75, 3.05) is 6.61 Å². The highest BCUT2D eigenvalue weighted by molar-refractivity contribution is 5.81. The molecule has 2 heterocycles. The molecular formula is C18H26N2O5. The van der Waals surface area contributed by atoms with Gasteiger partial charge in [0.15, 0.2) is 6.61 Å². The van der Waals surface area contributed by atoms with Gasteiger partial charge in [-0.3, -0.25) is 14.4 Å². The third-order valence-electron chi connectivity index (χ3n) is 4.70. The van der Waals surface area contributed by atoms with Crippen molar-refractivity contribution in [3.63, 3.8) is 0 Å². The largest absolute Gasteiger partial charge is 0.508 e. The maximum Gasteiger partial charge on any atom is 0.308 e. The lowest BCUT2D eigenvalue weighted by Gasteiger charge is -2.38. The lowest BCUT2D eigenvalue weighted by atomic mass is 9.97. The Hall–Kier alpha value is -2.31. The second kappa shape index (κ2) is 8.18. The van der Waals surface area contributed by atoms with E-state index in [0.29, 0.717) is 5.69 Å². The smallest absolute Gasteiger partial charge is 0.308 e. The maximum atomic E-state index is 12.3. The van der Waals surface area contributed by atoms with Crippen molar-refractivity contribution in [3.8, 4) is 5.75 Å². The molecule has 0 bridgehead atoms. The van der Waals surface area contributed by atoms with Crippen molar-refractivity contribution in [2.24, 2.45) is 0 Å². The normalized spacial score (nSPS) is 20.4. The Bertz CT molecular complexity index is 687. The zero-order valence-electron chi connectivity index (χ0n) is 15.0. The molecule has 0 radical (unpaired) electrons. The lowest BCUT2D eigenvalue weighted by molar-refractivity contribution is -0.155. The van der Waals surface area contributed by atoms with Gasteiger partial charge >= 0.3 is 5.97 Å². The Morgan fingerprint density at radius 1 is 1.24 bits per heavy atom. The summed E-state index contributed by atoms with van der Waals surface area (Å²) in [5, 5.41) is 9.36. The van der Waals surface area contributed by atoms with E-state index in [0.717, 1.165) is 25.3 Å². The molecule has 0 unspecified atom stereocenters. The molecule has 25 heavy (non-hydrogen) atoms. The number of aromatic hydroxyl groups is 1. The average molecular weight is 350 g/mol. The number of hydrogen-bond acceptors (Lipinski definition) is 5. The molecule has 2 rings (SSSR count). The first-order valence-electron chi connectivity index (χ1n) is 8.67. The topological polar surface area (TPSA) is 88.8 Å². The van der Waals surface area contributed by atoms with Gasteiger partial charge in [0.25, 0.3) is 11.5 Å². The first-order valence-corrected chi connectivity index (χ1v) is 8.67. The summed E-state index contributed by atoms with van der Waals surface area (Å²) >= 11 is 0. The van der Waals surface area contributed by atoms with Crippen LogP contribution in [0.4, 0.5) is 0 Å². The van der Waals surface area contributed by atoms with Crippen LogP contribution in [0, 0.1) is 6.92 Å². The third-order valence-corrected chi connectivity index (χ3v) is 4.70. The van der Waals surface area contributed by atoms with Crippen LogP contribution in [0.15, 0.2) is 16.9 Å². The number of carbonyl (C=O) groups is 2. The molecule has 7 nitrogen and oxygen atoms in total. The predicted octanol–water partition coefficient (Wildman–Crippen LogP) is 1.59. The van der Waals surface area contributed by atoms with Gasteiger partial charge < -0.3 is 19.3 Å². The number of carbonyl (C=O) groups excluding carboxylic acids is 2. The fraction of sp³-hybridized carbons (Fsp3) is 0.611. The number of amides is 1. The van der Waals surface area contributed by atoms with Gasteiger partial charge in [-0.15, -0.1) is 0 Å². The van der Waals surface area contributed by atoms with Crippen molar-refractivity contribution in [1.82, 2.24) is 9.47 Å². The van der Waals surface area contributed by atoms with E-state index in [-0.39, 0.29) is 48.9 Å². The van der Waals surface area contributed by atoms with Crippen LogP contribution in [-0.2, 0) is 20.9 Å². The van der Waals surface area contributed by atoms with E-state index < -0.39 is 5.97 Å². The van der Waals surface area contributed by atoms with Crippen LogP contribution in [0.5, 0.6) is 5.75 Å². The van der Waals surface area contributed by atoms with Crippen LogP contribution < -0.4 is 5.56 Å². The van der Waals surface area contributed by atoms with Crippen LogP contribution in [-0.4, -0.2) is 45.1 Å². The van der Waals surface area contributed by atoms with Crippen LogP contribution in [0.3, 0.4) is 0 Å². The number of nitrogens with zero attached hydrogens (tertiary/aromatic N) is 2. The number of pyridine rings is 1. The molecule has 138 valence electrons. The number of piperidine rings is 1. The minimum Gasteiger partial charge on any atom is -0.508 e. The average Bonchev–Trinajstić information content (AvgIpc) is 2.51. The molecule has 0 aliphatic carbocycles. The Balaban J connectivity index is 1.85. The van der Waals surface area contributed by atoms with Crippen LogP contribution >= 0.6 is 0 Å². The molecule has 0 saturated carbocycles. The summed E-state index contributed by atoms with van der Waals surface area (Å²) in [7, 11) is 0. The Labute approximate surface area is 147 Å². The third kappa shape index (κ3) is 4.84. The Morgan fingerprint density at radius 2 is 1.88 bits per heavy atom. The molecule has 1 aliphatic heterocycles. The highest BCUT2D eigenvalue weighted by atomic mass is 16.5. The number of esters is 1. The van der Waals surface area contributed by atoms with E-state index in [1.807, 2.05) is 13.8 Å². The van der Waals surface area contributed by atoms with Crippen molar-refractivity contribution in [2.45, 2.75) is 65.1 Å². The minimum absolute atomic E-state index is 0.0100. The Morgan fingerprint density at radius 3 is 2.48 bits per heavy atom. The van der Waals surface area contributed by atoms with E-state index in [4.69, 9.17) is 4.74 Å². The molecule has 1 aromatic heterocycles. The number of likely N-dealkylation sites (tertiary alicyclic amines) is 1. The monoisotopic (exact) mass is 350 g/mol. The van der Waals surface area contributed by atoms with Crippen molar-refractivity contribution < 1.29 is 19.4 Å². The molecule has 1 N–H and O–H groups in total. The standard InChI is InChI=1S/C18H26N2O5/c1-12-5-4-6-13(2)20(12)17(23)11-25-18(24)7-8-19-14(3)9-15(21)10-16(19)22/h9-10,12-13,21H,4-8,11H2,1-3H3/t12-,13+. The summed E-state index contributed by atoms with van der Waals surface area (Å²) in [5.41, 5.74) is 0.183. The van der Waals surface area contributed by atoms with E-state index >= 15 is 0 Å². The Kier molecular flexibility index (Phi) is 6.22. The summed E-state index contributed by atoms with van der Waals surface area (Å²) in [6.45, 7) is 5.57. The first kappa shape index (κ1) is 19.0. The second-order valence-electron chi connectivity index (χ2n) is 6.69. The quantitative estimate of drug-likeness (QED) is 0.815. The second-order valence-corrected chi connectivity index (χ2v) is 6.69. The molecule has 0 aromatic carbocycles. The van der Waals surface area contributed by atoms with E-state index in [1.54, 1.807) is 11.8 Å². The molecule has 1 fully saturated rings. The zero-order valence-corrected chi connectivity index (χ0v) is 15.0. The summed E-state index contributed by atoms with van der Waals surface area (Å²) < 4.78 is 6.47. The van der Waals surface area contributed by atoms with E-state index in [1.165, 1.54) is 10.6 Å². The van der Waals surface area contributed by atoms with Gasteiger partial charge in [-0.05, 0) is 46.1 Å². The summed E-state index contributed by atoms with van der Waals surface area (Å²) in [4.78, 5) is 37.8. The van der Waals surface area contributed by atoms with Crippen LogP contribution in [0.25, 0.3) is 0 Å². The van der Waals surface area contributed by atoms with Gasteiger partial charge in [-0.1, -0.05) is 0 Å². The highest BCUT2D eigenvalue weighted by Crippen LogP contribution is 2.22. The molecule has 1 aromatic rings. The zero-order chi connectivity index (χ0) is 18.6. The molecule has 1 saturated heterocycles. The van der Waals surface area contributed by atoms with Crippen molar-refractivity contribution in [1.29, 1.82) is 0 Å². The first-order chi connectivity index (χ1) is 11.8. The summed E-state index contributed by atoms with van der Waals surface area (Å²) in [5.74, 6) is -0.798. The van der Waals surface area contributed by atoms with Gasteiger partial charge in [0.2, 0.25) is 0 Å². The van der Waals surface area contributed by atoms with E-state index in [9.17, 15) is 19.5 Å². The predicted molar refractivity (Wildman–Crippen MR) is 92.3 cm³/mol. The highest BCUT2D eigenvalue weighted by Gasteiger charge is 2.29. The number of aryl methyl sites for hydroxylation is 1. The van der Waals surface area contributed by atoms with Crippen LogP contribution in [0.1, 0.15) is 45.2 Å². The van der Waals surface area contributed by atoms with Crippen molar-refractivity contribution in [3.05, 3.63) is 28.2 Å². The number of ether oxygens (including phenoxy) is 1. The number of rotatable bonds is 5. The molecule has 1 amide bonds. The maximum absolute atomic E-state index is 12.3. The van der Waals surface area contributed by atoms with Crippen molar-refractivity contribution >= 4 is 11.9 Å². The van der Waals surface area contributed by atoms with Gasteiger partial charge in [0.05, 0.1) is 6.42 Å². The SMILES string of the molecule is Cc1cc(O)cc(=O)n1CCC(=O)OCC(=O)N1[C@H](C)CCC[C@@H]1C. The van der Waals surface area contributed by atoms with Gasteiger partial charge in [0, 0.05) is 30.4 Å². The van der Waals surface area contributed by atoms with E-state index in [2.05, 4.69) is 0 Å². The lowest BCUT2D eigenvalue weighted by Crippen LogP contribution is -2.49. The van der Waals surface area contributed by atoms with Crippen LogP contribution in [0.2, 0.25) is 0 Å². The molecule has 7 heteroatoms. The molecule has 1 aliphatic rings. The molecular weight excluding hydrogens is 324 g/mol. The number of aromatic nitrogens is 1. The van der Waals surface area contributed by atoms with Gasteiger partial charge in [0.1, 0.15) is 5.75 Å². The fourth-order valence-electron chi connectivity index (χ4n) is 3.40. The molecule has 0 spiro atoms. The minimum atomic E-state index is -0.523. The summed E-state index contributed by atoms with van der Waals surface area (Å²) in [6, 6.07) is 2.87. The van der Waals surface area contributed by atoms with Gasteiger partial charge in [-0.2, -0.15) is 0 Å². The molecule has 2 atom stereocenters.